The first-order valence-corrected chi connectivity index (χ1v) is 23.5. The number of hydrogen-bond acceptors (Lipinski definition) is 11. The first-order valence-electron chi connectivity index (χ1n) is 22.0. The van der Waals surface area contributed by atoms with Gasteiger partial charge >= 0.3 is 13.8 Å². The zero-order valence-corrected chi connectivity index (χ0v) is 36.0. The van der Waals surface area contributed by atoms with Crippen molar-refractivity contribution in [3.63, 3.8) is 0 Å². The lowest BCUT2D eigenvalue weighted by molar-refractivity contribution is -0.220. The maximum atomic E-state index is 12.8. The van der Waals surface area contributed by atoms with Crippen LogP contribution in [-0.4, -0.2) is 98.9 Å². The number of allylic oxidation sites excluding steroid dienone is 8. The highest BCUT2D eigenvalue weighted by Crippen LogP contribution is 2.47. The molecule has 332 valence electrons. The molecule has 0 amide bonds. The maximum absolute atomic E-state index is 12.8. The Hall–Kier alpha value is -1.70. The van der Waals surface area contributed by atoms with Crippen molar-refractivity contribution in [2.45, 2.75) is 204 Å². The Labute approximate surface area is 344 Å². The van der Waals surface area contributed by atoms with Crippen LogP contribution in [0.3, 0.4) is 0 Å². The third kappa shape index (κ3) is 27.6. The minimum Gasteiger partial charge on any atom is -0.457 e. The van der Waals surface area contributed by atoms with Gasteiger partial charge in [-0.15, -0.1) is 0 Å². The summed E-state index contributed by atoms with van der Waals surface area (Å²) in [5.41, 5.74) is 0. The molecule has 0 radical (unpaired) electrons. The van der Waals surface area contributed by atoms with Crippen molar-refractivity contribution in [2.24, 2.45) is 0 Å². The maximum Gasteiger partial charge on any atom is 0.472 e. The van der Waals surface area contributed by atoms with Crippen LogP contribution >= 0.6 is 7.82 Å². The molecule has 0 aromatic carbocycles. The van der Waals surface area contributed by atoms with Crippen molar-refractivity contribution in [3.8, 4) is 0 Å². The summed E-state index contributed by atoms with van der Waals surface area (Å²) in [5.74, 6) is -0.497. The van der Waals surface area contributed by atoms with E-state index in [1.807, 2.05) is 0 Å². The number of phosphoric ester groups is 1. The molecule has 57 heavy (non-hydrogen) atoms. The number of esters is 1. The Bertz CT molecular complexity index is 1130. The number of rotatable bonds is 36. The fourth-order valence-electron chi connectivity index (χ4n) is 6.34. The lowest BCUT2D eigenvalue weighted by Crippen LogP contribution is -2.64. The lowest BCUT2D eigenvalue weighted by atomic mass is 9.85. The van der Waals surface area contributed by atoms with Gasteiger partial charge in [0.15, 0.2) is 0 Å². The van der Waals surface area contributed by atoms with Crippen LogP contribution in [0.4, 0.5) is 0 Å². The van der Waals surface area contributed by atoms with Gasteiger partial charge in [-0.05, 0) is 70.6 Å². The predicted molar refractivity (Wildman–Crippen MR) is 225 cm³/mol. The second-order valence-electron chi connectivity index (χ2n) is 15.2. The van der Waals surface area contributed by atoms with E-state index in [4.69, 9.17) is 18.5 Å². The normalized spacial score (nSPS) is 23.3. The predicted octanol–water partition coefficient (Wildman–Crippen LogP) is 8.47. The summed E-state index contributed by atoms with van der Waals surface area (Å²) in [6.45, 7) is 4.14. The number of hydrogen-bond donors (Lipinski definition) is 6. The topological polar surface area (TPSA) is 192 Å². The molecule has 0 aliphatic heterocycles. The van der Waals surface area contributed by atoms with Crippen molar-refractivity contribution >= 4 is 13.8 Å². The van der Waals surface area contributed by atoms with Gasteiger partial charge in [0.25, 0.3) is 0 Å². The summed E-state index contributed by atoms with van der Waals surface area (Å²) in [6, 6.07) is 0. The highest BCUT2D eigenvalue weighted by Gasteiger charge is 2.51. The second kappa shape index (κ2) is 35.1. The van der Waals surface area contributed by atoms with E-state index >= 15 is 0 Å². The summed E-state index contributed by atoms with van der Waals surface area (Å²) in [4.78, 5) is 23.1. The van der Waals surface area contributed by atoms with Crippen LogP contribution in [-0.2, 0) is 27.9 Å². The first-order chi connectivity index (χ1) is 27.5. The van der Waals surface area contributed by atoms with Crippen LogP contribution in [0.2, 0.25) is 0 Å². The SMILES string of the molecule is CCCC/C=C\C/C=C\CCCCCCCCOCC(COP(=O)(O)OC1C(O)C(O)C(O)C(O)C1O)OC(=O)CCCCCCC/C=C\C/C=C\CCCCC. The van der Waals surface area contributed by atoms with E-state index < -0.39 is 63.1 Å². The molecule has 6 unspecified atom stereocenters. The van der Waals surface area contributed by atoms with Crippen molar-refractivity contribution in [1.82, 2.24) is 0 Å². The molecule has 0 aromatic heterocycles. The number of unbranched alkanes of at least 4 members (excludes halogenated alkanes) is 16. The number of aliphatic hydroxyl groups excluding tert-OH is 5. The summed E-state index contributed by atoms with van der Waals surface area (Å²) in [6.07, 6.45) is 28.9. The van der Waals surface area contributed by atoms with E-state index in [0.717, 1.165) is 103 Å². The monoisotopic (exact) mass is 831 g/mol. The number of carbonyl (C=O) groups is 1. The molecule has 1 saturated carbocycles. The van der Waals surface area contributed by atoms with Gasteiger partial charge in [0.05, 0.1) is 13.2 Å². The minimum atomic E-state index is -5.02. The average Bonchev–Trinajstić information content (AvgIpc) is 3.19. The number of phosphoric acid groups is 1. The number of carbonyl (C=O) groups excluding carboxylic acids is 1. The first kappa shape index (κ1) is 53.3. The summed E-state index contributed by atoms with van der Waals surface area (Å²) >= 11 is 0. The van der Waals surface area contributed by atoms with E-state index in [1.165, 1.54) is 32.1 Å². The second-order valence-corrected chi connectivity index (χ2v) is 16.6. The van der Waals surface area contributed by atoms with Crippen molar-refractivity contribution in [2.75, 3.05) is 19.8 Å². The lowest BCUT2D eigenvalue weighted by Gasteiger charge is -2.41. The van der Waals surface area contributed by atoms with Crippen molar-refractivity contribution < 1.29 is 58.3 Å². The zero-order chi connectivity index (χ0) is 42.0. The molecular weight excluding hydrogens is 751 g/mol. The average molecular weight is 831 g/mol. The fourth-order valence-corrected chi connectivity index (χ4v) is 7.31. The van der Waals surface area contributed by atoms with E-state index in [0.29, 0.717) is 13.0 Å². The van der Waals surface area contributed by atoms with E-state index in [2.05, 4.69) is 62.5 Å². The summed E-state index contributed by atoms with van der Waals surface area (Å²) in [7, 11) is -5.02. The van der Waals surface area contributed by atoms with Crippen LogP contribution in [0.25, 0.3) is 0 Å². The van der Waals surface area contributed by atoms with Gasteiger partial charge < -0.3 is 39.9 Å². The van der Waals surface area contributed by atoms with Gasteiger partial charge in [-0.1, -0.05) is 133 Å². The molecule has 0 spiro atoms. The quantitative estimate of drug-likeness (QED) is 0.0153. The van der Waals surface area contributed by atoms with E-state index in [1.54, 1.807) is 0 Å². The van der Waals surface area contributed by atoms with Gasteiger partial charge in [0, 0.05) is 13.0 Å². The van der Waals surface area contributed by atoms with Crippen LogP contribution in [0.1, 0.15) is 162 Å². The van der Waals surface area contributed by atoms with Crippen molar-refractivity contribution in [1.29, 1.82) is 0 Å². The Morgan fingerprint density at radius 1 is 0.561 bits per heavy atom. The van der Waals surface area contributed by atoms with Crippen molar-refractivity contribution in [3.05, 3.63) is 48.6 Å². The molecule has 0 aromatic rings. The number of ether oxygens (including phenoxy) is 2. The molecule has 13 heteroatoms. The van der Waals surface area contributed by atoms with Crippen LogP contribution in [0, 0.1) is 0 Å². The minimum absolute atomic E-state index is 0.0909. The van der Waals surface area contributed by atoms with Crippen LogP contribution in [0.5, 0.6) is 0 Å². The Morgan fingerprint density at radius 2 is 1.00 bits per heavy atom. The Morgan fingerprint density at radius 3 is 1.53 bits per heavy atom. The summed E-state index contributed by atoms with van der Waals surface area (Å²) < 4.78 is 34.1. The standard InChI is InChI=1S/C44H79O12P/c1-3-5-7-9-11-13-15-17-19-21-23-25-27-29-31-33-38(45)55-37(36-54-57(51,52)56-44-42(49)40(47)39(46)41(48)43(44)50)35-53-34-32-30-28-26-24-22-20-18-16-14-12-10-8-6-4-2/h10-13,16-19,37,39-44,46-50H,3-9,14-15,20-36H2,1-2H3,(H,51,52)/b12-10-,13-11-,18-16-,19-17-. The highest BCUT2D eigenvalue weighted by atomic mass is 31.2. The third-order valence-electron chi connectivity index (χ3n) is 9.92. The molecule has 1 rings (SSSR count). The molecule has 0 heterocycles. The Balaban J connectivity index is 2.45. The van der Waals surface area contributed by atoms with Gasteiger partial charge in [-0.2, -0.15) is 0 Å². The van der Waals surface area contributed by atoms with Gasteiger partial charge in [-0.25, -0.2) is 4.57 Å². The van der Waals surface area contributed by atoms with Gasteiger partial charge in [0.2, 0.25) is 0 Å². The molecule has 0 bridgehead atoms. The van der Waals surface area contributed by atoms with Crippen LogP contribution < -0.4 is 0 Å². The molecule has 6 atom stereocenters. The van der Waals surface area contributed by atoms with E-state index in [-0.39, 0.29) is 13.0 Å². The van der Waals surface area contributed by atoms with Gasteiger partial charge in [-0.3, -0.25) is 13.8 Å². The third-order valence-corrected chi connectivity index (χ3v) is 10.9. The highest BCUT2D eigenvalue weighted by molar-refractivity contribution is 7.47. The molecule has 6 N–H and O–H groups in total. The molecule has 0 saturated heterocycles. The molecule has 1 fully saturated rings. The van der Waals surface area contributed by atoms with Gasteiger partial charge in [0.1, 0.15) is 42.7 Å². The molecule has 12 nitrogen and oxygen atoms in total. The zero-order valence-electron chi connectivity index (χ0n) is 35.1. The largest absolute Gasteiger partial charge is 0.472 e. The molecular formula is C44H79O12P. The smallest absolute Gasteiger partial charge is 0.457 e. The van der Waals surface area contributed by atoms with Crippen LogP contribution in [0.15, 0.2) is 48.6 Å². The molecule has 1 aliphatic carbocycles. The molecule has 1 aliphatic rings. The number of aliphatic hydroxyl groups is 5. The fraction of sp³-hybridized carbons (Fsp3) is 0.795. The summed E-state index contributed by atoms with van der Waals surface area (Å²) in [5, 5.41) is 50.1. The van der Waals surface area contributed by atoms with E-state index in [9.17, 15) is 39.8 Å². The Kier molecular flexibility index (Phi) is 32.8.